The highest BCUT2D eigenvalue weighted by atomic mass is 32.1. The number of benzene rings is 1. The molecule has 26 heavy (non-hydrogen) atoms. The second-order valence-corrected chi connectivity index (χ2v) is 7.99. The number of aryl methyl sites for hydroxylation is 1. The van der Waals surface area contributed by atoms with Gasteiger partial charge in [-0.1, -0.05) is 11.8 Å². The van der Waals surface area contributed by atoms with Crippen LogP contribution in [-0.2, 0) is 0 Å². The van der Waals surface area contributed by atoms with E-state index in [2.05, 4.69) is 40.4 Å². The highest BCUT2D eigenvalue weighted by molar-refractivity contribution is 7.10. The summed E-state index contributed by atoms with van der Waals surface area (Å²) in [5.41, 5.74) is 1.58. The number of amides is 1. The van der Waals surface area contributed by atoms with Crippen molar-refractivity contribution < 1.29 is 9.90 Å². The number of hydrogen-bond donors (Lipinski definition) is 2. The number of likely N-dealkylation sites (N-methyl/N-ethyl adjacent to an activating group) is 1. The van der Waals surface area contributed by atoms with Crippen molar-refractivity contribution in [2.75, 3.05) is 20.6 Å². The molecule has 0 aliphatic rings. The molecule has 5 heteroatoms. The lowest BCUT2D eigenvalue weighted by Gasteiger charge is -2.24. The maximum atomic E-state index is 12.5. The van der Waals surface area contributed by atoms with E-state index in [1.54, 1.807) is 49.4 Å². The number of hydrogen-bond acceptors (Lipinski definition) is 4. The molecule has 0 radical (unpaired) electrons. The van der Waals surface area contributed by atoms with Crippen molar-refractivity contribution in [2.45, 2.75) is 32.4 Å². The van der Waals surface area contributed by atoms with Crippen molar-refractivity contribution in [3.63, 3.8) is 0 Å². The molecule has 2 rings (SSSR count). The molecule has 4 nitrogen and oxygen atoms in total. The summed E-state index contributed by atoms with van der Waals surface area (Å²) in [6.45, 7) is 5.92. The summed E-state index contributed by atoms with van der Waals surface area (Å²) in [7, 11) is 4.04. The zero-order valence-corrected chi connectivity index (χ0v) is 16.8. The number of carbonyl (C=O) groups is 1. The summed E-state index contributed by atoms with van der Waals surface area (Å²) in [5.74, 6) is 5.56. The summed E-state index contributed by atoms with van der Waals surface area (Å²) in [4.78, 5) is 15.8. The molecule has 1 amide bonds. The van der Waals surface area contributed by atoms with Crippen LogP contribution >= 0.6 is 11.3 Å². The average Bonchev–Trinajstić information content (AvgIpc) is 2.98. The van der Waals surface area contributed by atoms with Gasteiger partial charge in [-0.3, -0.25) is 4.79 Å². The Bertz CT molecular complexity index is 805. The third-order valence-electron chi connectivity index (χ3n) is 3.94. The second kappa shape index (κ2) is 8.50. The SMILES string of the molecule is Cc1ccsc1C(CNC(=O)c1ccc(C#CC(C)(C)O)cc1)N(C)C. The van der Waals surface area contributed by atoms with Gasteiger partial charge in [-0.2, -0.15) is 0 Å². The molecule has 1 aromatic heterocycles. The van der Waals surface area contributed by atoms with Gasteiger partial charge in [-0.25, -0.2) is 0 Å². The number of nitrogens with zero attached hydrogens (tertiary/aromatic N) is 1. The smallest absolute Gasteiger partial charge is 0.251 e. The van der Waals surface area contributed by atoms with E-state index in [9.17, 15) is 9.90 Å². The number of nitrogens with one attached hydrogen (secondary N) is 1. The number of carbonyl (C=O) groups excluding carboxylic acids is 1. The molecule has 1 heterocycles. The quantitative estimate of drug-likeness (QED) is 0.795. The van der Waals surface area contributed by atoms with Gasteiger partial charge < -0.3 is 15.3 Å². The lowest BCUT2D eigenvalue weighted by molar-refractivity contribution is 0.0942. The topological polar surface area (TPSA) is 52.6 Å². The van der Waals surface area contributed by atoms with Gasteiger partial charge in [0.15, 0.2) is 0 Å². The van der Waals surface area contributed by atoms with Crippen LogP contribution in [0.25, 0.3) is 0 Å². The molecule has 0 aliphatic heterocycles. The van der Waals surface area contributed by atoms with Crippen molar-refractivity contribution >= 4 is 17.2 Å². The molecule has 0 aliphatic carbocycles. The lowest BCUT2D eigenvalue weighted by Crippen LogP contribution is -2.34. The number of rotatable bonds is 5. The highest BCUT2D eigenvalue weighted by Crippen LogP contribution is 2.26. The summed E-state index contributed by atoms with van der Waals surface area (Å²) in [5, 5.41) is 14.7. The van der Waals surface area contributed by atoms with Gasteiger partial charge in [0.1, 0.15) is 5.60 Å². The Balaban J connectivity index is 2.03. The van der Waals surface area contributed by atoms with Crippen LogP contribution in [0.15, 0.2) is 35.7 Å². The molecule has 0 bridgehead atoms. The minimum atomic E-state index is -1.03. The van der Waals surface area contributed by atoms with E-state index >= 15 is 0 Å². The van der Waals surface area contributed by atoms with Gasteiger partial charge in [0.2, 0.25) is 0 Å². The van der Waals surface area contributed by atoms with Gasteiger partial charge in [0, 0.05) is 22.5 Å². The van der Waals surface area contributed by atoms with Crippen LogP contribution in [0.2, 0.25) is 0 Å². The normalized spacial score (nSPS) is 12.4. The van der Waals surface area contributed by atoms with Crippen LogP contribution < -0.4 is 5.32 Å². The predicted molar refractivity (Wildman–Crippen MR) is 107 cm³/mol. The van der Waals surface area contributed by atoms with Crippen molar-refractivity contribution in [3.8, 4) is 11.8 Å². The molecular weight excluding hydrogens is 344 g/mol. The molecule has 0 saturated carbocycles. The zero-order valence-electron chi connectivity index (χ0n) is 16.0. The van der Waals surface area contributed by atoms with Crippen molar-refractivity contribution in [1.82, 2.24) is 10.2 Å². The summed E-state index contributed by atoms with van der Waals surface area (Å²) >= 11 is 1.71. The molecule has 0 spiro atoms. The Hall–Kier alpha value is -2.13. The van der Waals surface area contributed by atoms with E-state index in [4.69, 9.17) is 0 Å². The predicted octanol–water partition coefficient (Wildman–Crippen LogP) is 3.21. The number of thiophene rings is 1. The van der Waals surface area contributed by atoms with Crippen LogP contribution in [0.1, 0.15) is 46.3 Å². The molecule has 2 N–H and O–H groups in total. The van der Waals surface area contributed by atoms with E-state index in [0.717, 1.165) is 5.56 Å². The van der Waals surface area contributed by atoms with Crippen molar-refractivity contribution in [3.05, 3.63) is 57.3 Å². The minimum Gasteiger partial charge on any atom is -0.378 e. The molecule has 138 valence electrons. The van der Waals surface area contributed by atoms with Gasteiger partial charge in [0.25, 0.3) is 5.91 Å². The molecule has 1 unspecified atom stereocenters. The van der Waals surface area contributed by atoms with Crippen LogP contribution in [0.5, 0.6) is 0 Å². The van der Waals surface area contributed by atoms with Gasteiger partial charge in [-0.15, -0.1) is 11.3 Å². The minimum absolute atomic E-state index is 0.104. The van der Waals surface area contributed by atoms with Crippen LogP contribution in [0, 0.1) is 18.8 Å². The first-order valence-corrected chi connectivity index (χ1v) is 9.39. The van der Waals surface area contributed by atoms with Gasteiger partial charge in [-0.05, 0) is 76.1 Å². The third kappa shape index (κ3) is 5.70. The maximum absolute atomic E-state index is 12.5. The maximum Gasteiger partial charge on any atom is 0.251 e. The number of aliphatic hydroxyl groups is 1. The van der Waals surface area contributed by atoms with Crippen molar-refractivity contribution in [1.29, 1.82) is 0 Å². The van der Waals surface area contributed by atoms with Crippen LogP contribution in [-0.4, -0.2) is 42.2 Å². The fourth-order valence-corrected chi connectivity index (χ4v) is 3.58. The Labute approximate surface area is 159 Å². The first-order chi connectivity index (χ1) is 12.2. The van der Waals surface area contributed by atoms with Gasteiger partial charge >= 0.3 is 0 Å². The highest BCUT2D eigenvalue weighted by Gasteiger charge is 2.18. The molecule has 0 fully saturated rings. The second-order valence-electron chi connectivity index (χ2n) is 7.04. The summed E-state index contributed by atoms with van der Waals surface area (Å²) in [6, 6.07) is 9.35. The van der Waals surface area contributed by atoms with Crippen LogP contribution in [0.4, 0.5) is 0 Å². The Kier molecular flexibility index (Phi) is 6.60. The van der Waals surface area contributed by atoms with Gasteiger partial charge in [0.05, 0.1) is 6.04 Å². The van der Waals surface area contributed by atoms with E-state index in [0.29, 0.717) is 12.1 Å². The fourth-order valence-electron chi connectivity index (χ4n) is 2.46. The standard InChI is InChI=1S/C21H26N2O2S/c1-15-11-13-26-19(15)18(23(4)5)14-22-20(24)17-8-6-16(7-9-17)10-12-21(2,3)25/h6-9,11,13,18,25H,14H2,1-5H3,(H,22,24). The van der Waals surface area contributed by atoms with E-state index in [1.807, 2.05) is 14.1 Å². The monoisotopic (exact) mass is 370 g/mol. The Morgan fingerprint density at radius 3 is 2.42 bits per heavy atom. The molecule has 2 aromatic rings. The molecule has 1 atom stereocenters. The van der Waals surface area contributed by atoms with E-state index in [-0.39, 0.29) is 11.9 Å². The first kappa shape index (κ1) is 20.2. The molecular formula is C21H26N2O2S. The molecule has 0 saturated heterocycles. The Morgan fingerprint density at radius 2 is 1.92 bits per heavy atom. The average molecular weight is 371 g/mol. The van der Waals surface area contributed by atoms with E-state index in [1.165, 1.54) is 10.4 Å². The third-order valence-corrected chi connectivity index (χ3v) is 5.06. The summed E-state index contributed by atoms with van der Waals surface area (Å²) < 4.78 is 0. The van der Waals surface area contributed by atoms with Crippen LogP contribution in [0.3, 0.4) is 0 Å². The lowest BCUT2D eigenvalue weighted by atomic mass is 10.1. The van der Waals surface area contributed by atoms with E-state index < -0.39 is 5.60 Å². The first-order valence-electron chi connectivity index (χ1n) is 8.51. The largest absolute Gasteiger partial charge is 0.378 e. The zero-order chi connectivity index (χ0) is 19.3. The Morgan fingerprint density at radius 1 is 1.27 bits per heavy atom. The molecule has 1 aromatic carbocycles. The summed E-state index contributed by atoms with van der Waals surface area (Å²) in [6.07, 6.45) is 0. The van der Waals surface area contributed by atoms with Crippen molar-refractivity contribution in [2.24, 2.45) is 0 Å². The fraction of sp³-hybridized carbons (Fsp3) is 0.381.